The molecule has 0 aliphatic carbocycles. The number of carbonyl (C=O) groups is 1. The van der Waals surface area contributed by atoms with Gasteiger partial charge >= 0.3 is 0 Å². The molecule has 1 aliphatic rings. The Bertz CT molecular complexity index is 909. The molecule has 4 rings (SSSR count). The van der Waals surface area contributed by atoms with Crippen LogP contribution in [0.15, 0.2) is 48.5 Å². The molecule has 0 radical (unpaired) electrons. The Morgan fingerprint density at radius 1 is 1.07 bits per heavy atom. The summed E-state index contributed by atoms with van der Waals surface area (Å²) in [5.41, 5.74) is 2.24. The van der Waals surface area contributed by atoms with Crippen molar-refractivity contribution in [3.05, 3.63) is 48.5 Å². The average molecular weight is 381 g/mol. The van der Waals surface area contributed by atoms with Crippen LogP contribution in [0.25, 0.3) is 21.8 Å². The van der Waals surface area contributed by atoms with Crippen LogP contribution < -0.4 is 0 Å². The lowest BCUT2D eigenvalue weighted by Crippen LogP contribution is -2.46. The van der Waals surface area contributed by atoms with E-state index >= 15 is 0 Å². The van der Waals surface area contributed by atoms with Gasteiger partial charge in [0.1, 0.15) is 0 Å². The van der Waals surface area contributed by atoms with E-state index in [-0.39, 0.29) is 5.91 Å². The molecule has 3 aromatic rings. The predicted molar refractivity (Wildman–Crippen MR) is 110 cm³/mol. The molecule has 2 heterocycles. The van der Waals surface area contributed by atoms with Gasteiger partial charge in [-0.3, -0.25) is 9.69 Å². The molecule has 1 N–H and O–H groups in total. The summed E-state index contributed by atoms with van der Waals surface area (Å²) in [4.78, 5) is 16.1. The number of nitrogens with zero attached hydrogens (tertiary/aromatic N) is 3. The van der Waals surface area contributed by atoms with Gasteiger partial charge in [-0.25, -0.2) is 0 Å². The van der Waals surface area contributed by atoms with E-state index in [1.54, 1.807) is 0 Å². The monoisotopic (exact) mass is 381 g/mol. The Morgan fingerprint density at radius 2 is 1.64 bits per heavy atom. The van der Waals surface area contributed by atoms with Gasteiger partial charge in [0, 0.05) is 41.4 Å². The Morgan fingerprint density at radius 3 is 2.25 bits per heavy atom. The zero-order valence-corrected chi connectivity index (χ0v) is 16.3. The Hall–Kier alpha value is -2.41. The topological polar surface area (TPSA) is 57.9 Å². The van der Waals surface area contributed by atoms with Gasteiger partial charge < -0.3 is 19.3 Å². The fraction of sp³-hybridized carbons (Fsp3) is 0.409. The Labute approximate surface area is 164 Å². The van der Waals surface area contributed by atoms with Gasteiger partial charge in [-0.2, -0.15) is 0 Å². The number of aliphatic hydroxyl groups excluding tert-OH is 1. The van der Waals surface area contributed by atoms with Gasteiger partial charge in [0.25, 0.3) is 0 Å². The highest BCUT2D eigenvalue weighted by Gasteiger charge is 2.20. The number of aliphatic hydroxyl groups is 1. The number of fused-ring (bicyclic) bond motifs is 3. The molecule has 1 saturated heterocycles. The number of amides is 1. The minimum atomic E-state index is -0.568. The molecule has 0 spiro atoms. The molecule has 0 saturated carbocycles. The summed E-state index contributed by atoms with van der Waals surface area (Å²) in [5, 5.41) is 13.1. The van der Waals surface area contributed by atoms with E-state index in [2.05, 4.69) is 28.8 Å². The first kappa shape index (κ1) is 18.9. The van der Waals surface area contributed by atoms with Crippen LogP contribution in [-0.2, 0) is 16.1 Å². The van der Waals surface area contributed by atoms with Crippen LogP contribution in [0.5, 0.6) is 0 Å². The third-order valence-corrected chi connectivity index (χ3v) is 5.36. The number of hydrogen-bond donors (Lipinski definition) is 1. The van der Waals surface area contributed by atoms with E-state index in [0.29, 0.717) is 45.9 Å². The van der Waals surface area contributed by atoms with Crippen LogP contribution in [0.2, 0.25) is 0 Å². The quantitative estimate of drug-likeness (QED) is 0.709. The fourth-order valence-electron chi connectivity index (χ4n) is 4.04. The van der Waals surface area contributed by atoms with Crippen molar-refractivity contribution in [2.45, 2.75) is 12.6 Å². The number of benzene rings is 2. The minimum Gasteiger partial charge on any atom is -0.390 e. The maximum Gasteiger partial charge on any atom is 0.236 e. The molecule has 0 bridgehead atoms. The van der Waals surface area contributed by atoms with Crippen molar-refractivity contribution in [2.75, 3.05) is 46.4 Å². The number of likely N-dealkylation sites (N-methyl/N-ethyl adjacent to an activating group) is 1. The first-order valence-electron chi connectivity index (χ1n) is 9.81. The Kier molecular flexibility index (Phi) is 5.62. The molecule has 148 valence electrons. The van der Waals surface area contributed by atoms with Gasteiger partial charge in [-0.1, -0.05) is 36.4 Å². The molecule has 1 amide bonds. The van der Waals surface area contributed by atoms with E-state index in [9.17, 15) is 9.90 Å². The lowest BCUT2D eigenvalue weighted by molar-refractivity contribution is -0.136. The largest absolute Gasteiger partial charge is 0.390 e. The van der Waals surface area contributed by atoms with Crippen molar-refractivity contribution in [1.29, 1.82) is 0 Å². The second-order valence-electron chi connectivity index (χ2n) is 7.49. The SMILES string of the molecule is CN(CC(=O)N1CCOCC1)CC(O)Cn1c2ccccc2c2ccccc21. The smallest absolute Gasteiger partial charge is 0.236 e. The summed E-state index contributed by atoms with van der Waals surface area (Å²) in [6.07, 6.45) is -0.568. The van der Waals surface area contributed by atoms with Gasteiger partial charge in [0.05, 0.1) is 32.4 Å². The van der Waals surface area contributed by atoms with Crippen molar-refractivity contribution in [1.82, 2.24) is 14.4 Å². The van der Waals surface area contributed by atoms with E-state index in [0.717, 1.165) is 11.0 Å². The van der Waals surface area contributed by atoms with Gasteiger partial charge in [0.2, 0.25) is 5.91 Å². The third-order valence-electron chi connectivity index (χ3n) is 5.36. The summed E-state index contributed by atoms with van der Waals surface area (Å²) >= 11 is 0. The fourth-order valence-corrected chi connectivity index (χ4v) is 4.04. The first-order valence-corrected chi connectivity index (χ1v) is 9.81. The van der Waals surface area contributed by atoms with E-state index in [1.807, 2.05) is 41.1 Å². The molecule has 6 nitrogen and oxygen atoms in total. The second kappa shape index (κ2) is 8.31. The number of para-hydroxylation sites is 2. The highest BCUT2D eigenvalue weighted by molar-refractivity contribution is 6.07. The predicted octanol–water partition coefficient (Wildman–Crippen LogP) is 1.95. The summed E-state index contributed by atoms with van der Waals surface area (Å²) < 4.78 is 7.47. The highest BCUT2D eigenvalue weighted by atomic mass is 16.5. The summed E-state index contributed by atoms with van der Waals surface area (Å²) in [6.45, 7) is 3.75. The first-order chi connectivity index (χ1) is 13.6. The zero-order valence-electron chi connectivity index (χ0n) is 16.3. The maximum absolute atomic E-state index is 12.4. The maximum atomic E-state index is 12.4. The summed E-state index contributed by atoms with van der Waals surface area (Å²) in [6, 6.07) is 16.6. The van der Waals surface area contributed by atoms with Crippen LogP contribution in [0.1, 0.15) is 0 Å². The number of ether oxygens (including phenoxy) is 1. The molecular weight excluding hydrogens is 354 g/mol. The third kappa shape index (κ3) is 3.90. The molecule has 2 aromatic carbocycles. The average Bonchev–Trinajstić information content (AvgIpc) is 3.02. The van der Waals surface area contributed by atoms with Gasteiger partial charge in [0.15, 0.2) is 0 Å². The Balaban J connectivity index is 1.44. The van der Waals surface area contributed by atoms with Crippen LogP contribution in [0, 0.1) is 0 Å². The normalized spacial score (nSPS) is 16.2. The van der Waals surface area contributed by atoms with Crippen LogP contribution in [-0.4, -0.2) is 77.9 Å². The van der Waals surface area contributed by atoms with Crippen LogP contribution >= 0.6 is 0 Å². The standard InChI is InChI=1S/C22H27N3O3/c1-23(16-22(27)24-10-12-28-13-11-24)14-17(26)15-25-20-8-4-2-6-18(20)19-7-3-5-9-21(19)25/h2-9,17,26H,10-16H2,1H3. The van der Waals surface area contributed by atoms with Gasteiger partial charge in [-0.05, 0) is 19.2 Å². The molecule has 1 aromatic heterocycles. The lowest BCUT2D eigenvalue weighted by atomic mass is 10.2. The highest BCUT2D eigenvalue weighted by Crippen LogP contribution is 2.28. The van der Waals surface area contributed by atoms with Crippen LogP contribution in [0.3, 0.4) is 0 Å². The molecule has 1 atom stereocenters. The molecule has 6 heteroatoms. The number of aromatic nitrogens is 1. The minimum absolute atomic E-state index is 0.0925. The number of hydrogen-bond acceptors (Lipinski definition) is 4. The van der Waals surface area contributed by atoms with Crippen molar-refractivity contribution >= 4 is 27.7 Å². The number of morpholine rings is 1. The number of carbonyl (C=O) groups excluding carboxylic acids is 1. The molecule has 1 fully saturated rings. The molecule has 28 heavy (non-hydrogen) atoms. The van der Waals surface area contributed by atoms with E-state index < -0.39 is 6.10 Å². The van der Waals surface area contributed by atoms with E-state index in [4.69, 9.17) is 4.74 Å². The van der Waals surface area contributed by atoms with Crippen molar-refractivity contribution < 1.29 is 14.6 Å². The molecule has 1 unspecified atom stereocenters. The summed E-state index contributed by atoms with van der Waals surface area (Å²) in [5.74, 6) is 0.0925. The second-order valence-corrected chi connectivity index (χ2v) is 7.49. The summed E-state index contributed by atoms with van der Waals surface area (Å²) in [7, 11) is 1.88. The number of rotatable bonds is 6. The molecule has 1 aliphatic heterocycles. The van der Waals surface area contributed by atoms with Crippen molar-refractivity contribution in [3.8, 4) is 0 Å². The molecular formula is C22H27N3O3. The van der Waals surface area contributed by atoms with Crippen molar-refractivity contribution in [3.63, 3.8) is 0 Å². The van der Waals surface area contributed by atoms with E-state index in [1.165, 1.54) is 10.8 Å². The van der Waals surface area contributed by atoms with Gasteiger partial charge in [-0.15, -0.1) is 0 Å². The van der Waals surface area contributed by atoms with Crippen molar-refractivity contribution in [2.24, 2.45) is 0 Å². The van der Waals surface area contributed by atoms with Crippen LogP contribution in [0.4, 0.5) is 0 Å². The lowest BCUT2D eigenvalue weighted by Gasteiger charge is -2.29. The zero-order chi connectivity index (χ0) is 19.5.